The molecule has 3 heteroatoms. The average molecular weight is 203 g/mol. The van der Waals surface area contributed by atoms with E-state index in [1.54, 1.807) is 0 Å². The second-order valence-corrected chi connectivity index (χ2v) is 5.47. The third-order valence-electron chi connectivity index (χ3n) is 3.85. The molecule has 0 radical (unpaired) electrons. The van der Waals surface area contributed by atoms with E-state index >= 15 is 0 Å². The molecule has 2 aliphatic rings. The van der Waals surface area contributed by atoms with Crippen molar-refractivity contribution in [3.05, 3.63) is 0 Å². The van der Waals surface area contributed by atoms with Crippen molar-refractivity contribution in [1.82, 2.24) is 4.90 Å². The van der Waals surface area contributed by atoms with Gasteiger partial charge in [-0.3, -0.25) is 4.90 Å². The Hall–Kier alpha value is -0.180. The van der Waals surface area contributed by atoms with Gasteiger partial charge in [0.2, 0.25) is 0 Å². The van der Waals surface area contributed by atoms with Crippen molar-refractivity contribution in [2.24, 2.45) is 17.3 Å². The fourth-order valence-corrected chi connectivity index (χ4v) is 3.01. The molecule has 14 heavy (non-hydrogen) atoms. The molecule has 0 amide bonds. The van der Waals surface area contributed by atoms with Crippen molar-refractivity contribution in [2.45, 2.75) is 33.1 Å². The molecule has 1 aliphatic carbocycles. The van der Waals surface area contributed by atoms with Crippen LogP contribution in [0.15, 0.2) is 0 Å². The number of hydrogen-bond donors (Lipinski definition) is 0. The second-order valence-electron chi connectivity index (χ2n) is 5.47. The first-order valence-electron chi connectivity index (χ1n) is 5.51. The van der Waals surface area contributed by atoms with E-state index < -0.39 is 6.43 Å². The molecule has 0 unspecified atom stereocenters. The fraction of sp³-hybridized carbons (Fsp3) is 1.00. The second kappa shape index (κ2) is 3.44. The summed E-state index contributed by atoms with van der Waals surface area (Å²) in [5.74, 6) is 1.62. The fourth-order valence-electron chi connectivity index (χ4n) is 3.01. The number of likely N-dealkylation sites (tertiary alicyclic amines) is 1. The maximum absolute atomic E-state index is 12.0. The molecule has 2 fully saturated rings. The summed E-state index contributed by atoms with van der Waals surface area (Å²) in [6.45, 7) is 6.33. The minimum Gasteiger partial charge on any atom is -0.297 e. The summed E-state index contributed by atoms with van der Waals surface area (Å²) >= 11 is 0. The molecule has 82 valence electrons. The molecular formula is C11H19F2N. The summed E-state index contributed by atoms with van der Waals surface area (Å²) < 4.78 is 24.1. The van der Waals surface area contributed by atoms with Crippen LogP contribution in [0.25, 0.3) is 0 Å². The Morgan fingerprint density at radius 2 is 1.86 bits per heavy atom. The minimum atomic E-state index is -2.16. The largest absolute Gasteiger partial charge is 0.297 e. The van der Waals surface area contributed by atoms with Crippen molar-refractivity contribution in [2.75, 3.05) is 19.6 Å². The van der Waals surface area contributed by atoms with E-state index in [4.69, 9.17) is 0 Å². The first-order valence-corrected chi connectivity index (χ1v) is 5.51. The van der Waals surface area contributed by atoms with Crippen molar-refractivity contribution >= 4 is 0 Å². The van der Waals surface area contributed by atoms with Gasteiger partial charge in [0.05, 0.1) is 6.54 Å². The third-order valence-corrected chi connectivity index (χ3v) is 3.85. The highest BCUT2D eigenvalue weighted by atomic mass is 19.3. The topological polar surface area (TPSA) is 3.24 Å². The van der Waals surface area contributed by atoms with E-state index in [2.05, 4.69) is 13.8 Å². The zero-order valence-electron chi connectivity index (χ0n) is 8.97. The van der Waals surface area contributed by atoms with Crippen LogP contribution in [0.2, 0.25) is 0 Å². The van der Waals surface area contributed by atoms with Gasteiger partial charge in [-0.15, -0.1) is 0 Å². The minimum absolute atomic E-state index is 0.0197. The molecule has 0 aromatic heterocycles. The van der Waals surface area contributed by atoms with Crippen LogP contribution in [-0.4, -0.2) is 31.0 Å². The molecule has 1 nitrogen and oxygen atoms in total. The summed E-state index contributed by atoms with van der Waals surface area (Å²) in [6, 6.07) is 0. The maximum atomic E-state index is 12.0. The Labute approximate surface area is 84.5 Å². The predicted octanol–water partition coefficient (Wildman–Crippen LogP) is 2.62. The SMILES string of the molecule is CC(C)C1CC2(C1)CN(CC(F)F)C2. The van der Waals surface area contributed by atoms with E-state index in [0.717, 1.165) is 24.9 Å². The van der Waals surface area contributed by atoms with Gasteiger partial charge in [-0.25, -0.2) is 8.78 Å². The molecule has 1 aliphatic heterocycles. The quantitative estimate of drug-likeness (QED) is 0.681. The zero-order valence-corrected chi connectivity index (χ0v) is 8.97. The summed E-state index contributed by atoms with van der Waals surface area (Å²) in [5, 5.41) is 0. The Morgan fingerprint density at radius 3 is 2.29 bits per heavy atom. The Bertz CT molecular complexity index is 201. The normalized spacial score (nSPS) is 27.0. The van der Waals surface area contributed by atoms with Crippen LogP contribution >= 0.6 is 0 Å². The van der Waals surface area contributed by atoms with Crippen LogP contribution in [0.5, 0.6) is 0 Å². The highest BCUT2D eigenvalue weighted by Gasteiger charge is 2.52. The van der Waals surface area contributed by atoms with Crippen LogP contribution in [0.4, 0.5) is 8.78 Å². The molecule has 1 spiro atoms. The molecule has 0 aromatic rings. The van der Waals surface area contributed by atoms with E-state index in [0.29, 0.717) is 5.41 Å². The average Bonchev–Trinajstić information content (AvgIpc) is 1.89. The standard InChI is InChI=1S/C11H19F2N/c1-8(2)9-3-11(4-9)6-14(7-11)5-10(12)13/h8-10H,3-7H2,1-2H3. The number of rotatable bonds is 3. The molecular weight excluding hydrogens is 184 g/mol. The van der Waals surface area contributed by atoms with Crippen molar-refractivity contribution in [1.29, 1.82) is 0 Å². The lowest BCUT2D eigenvalue weighted by Gasteiger charge is -2.60. The van der Waals surface area contributed by atoms with Gasteiger partial charge < -0.3 is 0 Å². The lowest BCUT2D eigenvalue weighted by atomic mass is 9.55. The number of halogens is 2. The molecule has 2 rings (SSSR count). The monoisotopic (exact) mass is 203 g/mol. The lowest BCUT2D eigenvalue weighted by Crippen LogP contribution is -2.63. The number of alkyl halides is 2. The van der Waals surface area contributed by atoms with Gasteiger partial charge in [0.15, 0.2) is 0 Å². The summed E-state index contributed by atoms with van der Waals surface area (Å²) in [7, 11) is 0. The van der Waals surface area contributed by atoms with Gasteiger partial charge in [-0.05, 0) is 30.1 Å². The van der Waals surface area contributed by atoms with Gasteiger partial charge in [-0.1, -0.05) is 13.8 Å². The van der Waals surface area contributed by atoms with Crippen LogP contribution in [-0.2, 0) is 0 Å². The summed E-state index contributed by atoms with van der Waals surface area (Å²) in [5.41, 5.74) is 0.448. The molecule has 0 atom stereocenters. The first-order chi connectivity index (χ1) is 6.51. The lowest BCUT2D eigenvalue weighted by molar-refractivity contribution is -0.119. The Balaban J connectivity index is 1.69. The van der Waals surface area contributed by atoms with Crippen molar-refractivity contribution in [3.8, 4) is 0 Å². The molecule has 1 saturated carbocycles. The van der Waals surface area contributed by atoms with E-state index in [-0.39, 0.29) is 6.54 Å². The van der Waals surface area contributed by atoms with Crippen molar-refractivity contribution < 1.29 is 8.78 Å². The van der Waals surface area contributed by atoms with E-state index in [9.17, 15) is 8.78 Å². The van der Waals surface area contributed by atoms with Crippen LogP contribution in [0, 0.1) is 17.3 Å². The number of nitrogens with zero attached hydrogens (tertiary/aromatic N) is 1. The molecule has 0 N–H and O–H groups in total. The Kier molecular flexibility index (Phi) is 2.54. The zero-order chi connectivity index (χ0) is 10.3. The highest BCUT2D eigenvalue weighted by molar-refractivity contribution is 5.04. The molecule has 0 bridgehead atoms. The smallest absolute Gasteiger partial charge is 0.251 e. The predicted molar refractivity (Wildman–Crippen MR) is 52.4 cm³/mol. The van der Waals surface area contributed by atoms with E-state index in [1.807, 2.05) is 4.90 Å². The molecule has 0 aromatic carbocycles. The first kappa shape index (κ1) is 10.3. The summed E-state index contributed by atoms with van der Waals surface area (Å²) in [6.07, 6.45) is 0.378. The maximum Gasteiger partial charge on any atom is 0.251 e. The molecule has 1 saturated heterocycles. The van der Waals surface area contributed by atoms with Crippen LogP contribution < -0.4 is 0 Å². The van der Waals surface area contributed by atoms with E-state index in [1.165, 1.54) is 12.8 Å². The van der Waals surface area contributed by atoms with Gasteiger partial charge >= 0.3 is 0 Å². The van der Waals surface area contributed by atoms with Gasteiger partial charge in [0, 0.05) is 13.1 Å². The van der Waals surface area contributed by atoms with Crippen LogP contribution in [0.3, 0.4) is 0 Å². The van der Waals surface area contributed by atoms with Gasteiger partial charge in [0.25, 0.3) is 6.43 Å². The number of hydrogen-bond acceptors (Lipinski definition) is 1. The highest BCUT2D eigenvalue weighted by Crippen LogP contribution is 2.54. The Morgan fingerprint density at radius 1 is 1.29 bits per heavy atom. The van der Waals surface area contributed by atoms with Crippen LogP contribution in [0.1, 0.15) is 26.7 Å². The van der Waals surface area contributed by atoms with Crippen molar-refractivity contribution in [3.63, 3.8) is 0 Å². The van der Waals surface area contributed by atoms with Gasteiger partial charge in [0.1, 0.15) is 0 Å². The third kappa shape index (κ3) is 1.79. The van der Waals surface area contributed by atoms with Gasteiger partial charge in [-0.2, -0.15) is 0 Å². The summed E-state index contributed by atoms with van der Waals surface area (Å²) in [4.78, 5) is 1.89. The molecule has 1 heterocycles.